The van der Waals surface area contributed by atoms with Gasteiger partial charge in [-0.2, -0.15) is 5.10 Å². The van der Waals surface area contributed by atoms with Gasteiger partial charge in [0.2, 0.25) is 0 Å². The molecule has 0 saturated heterocycles. The molecule has 1 amide bonds. The molecule has 7 nitrogen and oxygen atoms in total. The number of rotatable bonds is 6. The van der Waals surface area contributed by atoms with Crippen molar-refractivity contribution in [2.75, 3.05) is 13.7 Å². The number of aromatic nitrogens is 4. The van der Waals surface area contributed by atoms with Gasteiger partial charge in [0.05, 0.1) is 13.4 Å². The van der Waals surface area contributed by atoms with E-state index < -0.39 is 0 Å². The van der Waals surface area contributed by atoms with Crippen molar-refractivity contribution in [1.29, 1.82) is 0 Å². The summed E-state index contributed by atoms with van der Waals surface area (Å²) in [5.74, 6) is 0.497. The number of hydrogen-bond donors (Lipinski definition) is 1. The zero-order valence-electron chi connectivity index (χ0n) is 13.6. The molecule has 0 fully saturated rings. The molecule has 2 aromatic heterocycles. The number of carbonyl (C=O) groups excluding carboxylic acids is 1. The molecular formula is C17H19N5O2. The van der Waals surface area contributed by atoms with Gasteiger partial charge in [-0.25, -0.2) is 9.67 Å². The molecule has 0 aliphatic rings. The number of methoxy groups -OCH3 is 1. The summed E-state index contributed by atoms with van der Waals surface area (Å²) in [4.78, 5) is 16.2. The lowest BCUT2D eigenvalue weighted by molar-refractivity contribution is 0.0947. The standard InChI is InChI=1S/C17H19N5O2/c1-13-3-4-16(24-2)15(11-13)22-8-5-14(20-22)17(23)19-7-10-21-9-6-18-12-21/h3-6,8-9,11-12H,7,10H2,1-2H3,(H,19,23). The van der Waals surface area contributed by atoms with Crippen LogP contribution in [-0.4, -0.2) is 38.9 Å². The van der Waals surface area contributed by atoms with E-state index >= 15 is 0 Å². The maximum Gasteiger partial charge on any atom is 0.271 e. The quantitative estimate of drug-likeness (QED) is 0.750. The Morgan fingerprint density at radius 3 is 2.92 bits per heavy atom. The summed E-state index contributed by atoms with van der Waals surface area (Å²) >= 11 is 0. The molecule has 0 bridgehead atoms. The fraction of sp³-hybridized carbons (Fsp3) is 0.235. The molecule has 0 saturated carbocycles. The van der Waals surface area contributed by atoms with Crippen molar-refractivity contribution in [3.05, 3.63) is 60.4 Å². The van der Waals surface area contributed by atoms with Crippen molar-refractivity contribution in [2.45, 2.75) is 13.5 Å². The van der Waals surface area contributed by atoms with Gasteiger partial charge in [-0.3, -0.25) is 4.79 Å². The summed E-state index contributed by atoms with van der Waals surface area (Å²) < 4.78 is 8.91. The predicted molar refractivity (Wildman–Crippen MR) is 89.4 cm³/mol. The minimum atomic E-state index is -0.208. The first-order chi connectivity index (χ1) is 11.7. The molecule has 3 rings (SSSR count). The molecule has 0 radical (unpaired) electrons. The van der Waals surface area contributed by atoms with Crippen LogP contribution in [0.15, 0.2) is 49.2 Å². The Morgan fingerprint density at radius 1 is 1.29 bits per heavy atom. The van der Waals surface area contributed by atoms with Crippen LogP contribution in [0.2, 0.25) is 0 Å². The number of benzene rings is 1. The highest BCUT2D eigenvalue weighted by Gasteiger charge is 2.12. The summed E-state index contributed by atoms with van der Waals surface area (Å²) in [6.45, 7) is 3.17. The maximum absolute atomic E-state index is 12.2. The van der Waals surface area contributed by atoms with Crippen molar-refractivity contribution in [3.63, 3.8) is 0 Å². The van der Waals surface area contributed by atoms with E-state index in [-0.39, 0.29) is 5.91 Å². The summed E-state index contributed by atoms with van der Waals surface area (Å²) in [7, 11) is 1.61. The Hall–Kier alpha value is -3.09. The normalized spacial score (nSPS) is 10.6. The predicted octanol–water partition coefficient (Wildman–Crippen LogP) is 1.82. The van der Waals surface area contributed by atoms with Gasteiger partial charge in [-0.15, -0.1) is 0 Å². The van der Waals surface area contributed by atoms with Crippen LogP contribution in [0.3, 0.4) is 0 Å². The van der Waals surface area contributed by atoms with Crippen molar-refractivity contribution >= 4 is 5.91 Å². The van der Waals surface area contributed by atoms with Crippen LogP contribution in [0, 0.1) is 6.92 Å². The lowest BCUT2D eigenvalue weighted by Gasteiger charge is -2.09. The van der Waals surface area contributed by atoms with Gasteiger partial charge in [0, 0.05) is 31.7 Å². The zero-order chi connectivity index (χ0) is 16.9. The average Bonchev–Trinajstić information content (AvgIpc) is 3.26. The summed E-state index contributed by atoms with van der Waals surface area (Å²) in [6.07, 6.45) is 7.02. The lowest BCUT2D eigenvalue weighted by Crippen LogP contribution is -2.27. The van der Waals surface area contributed by atoms with Gasteiger partial charge < -0.3 is 14.6 Å². The van der Waals surface area contributed by atoms with Gasteiger partial charge in [0.15, 0.2) is 5.69 Å². The number of nitrogens with one attached hydrogen (secondary N) is 1. The van der Waals surface area contributed by atoms with E-state index in [9.17, 15) is 4.79 Å². The van der Waals surface area contributed by atoms with Gasteiger partial charge in [0.25, 0.3) is 5.91 Å². The van der Waals surface area contributed by atoms with Crippen molar-refractivity contribution < 1.29 is 9.53 Å². The largest absolute Gasteiger partial charge is 0.494 e. The van der Waals surface area contributed by atoms with E-state index in [0.29, 0.717) is 24.5 Å². The maximum atomic E-state index is 12.2. The van der Waals surface area contributed by atoms with E-state index in [1.807, 2.05) is 35.9 Å². The first-order valence-corrected chi connectivity index (χ1v) is 7.62. The highest BCUT2D eigenvalue weighted by Crippen LogP contribution is 2.23. The molecule has 24 heavy (non-hydrogen) atoms. The Balaban J connectivity index is 1.68. The van der Waals surface area contributed by atoms with Crippen molar-refractivity contribution in [1.82, 2.24) is 24.6 Å². The van der Waals surface area contributed by atoms with E-state index in [1.54, 1.807) is 36.6 Å². The third kappa shape index (κ3) is 3.45. The number of aryl methyl sites for hydroxylation is 1. The molecule has 1 aromatic carbocycles. The van der Waals surface area contributed by atoms with Gasteiger partial charge in [0.1, 0.15) is 11.4 Å². The smallest absolute Gasteiger partial charge is 0.271 e. The third-order valence-electron chi connectivity index (χ3n) is 3.62. The van der Waals surface area contributed by atoms with Gasteiger partial charge in [-0.05, 0) is 30.7 Å². The second-order valence-electron chi connectivity index (χ2n) is 5.38. The molecule has 0 spiro atoms. The number of hydrogen-bond acceptors (Lipinski definition) is 4. The molecular weight excluding hydrogens is 306 g/mol. The number of nitrogens with zero attached hydrogens (tertiary/aromatic N) is 4. The van der Waals surface area contributed by atoms with Crippen molar-refractivity contribution in [3.8, 4) is 11.4 Å². The van der Waals surface area contributed by atoms with E-state index in [2.05, 4.69) is 15.4 Å². The number of amides is 1. The Labute approximate surface area is 139 Å². The molecule has 3 aromatic rings. The van der Waals surface area contributed by atoms with Crippen LogP contribution in [0.1, 0.15) is 16.1 Å². The molecule has 1 N–H and O–H groups in total. The minimum Gasteiger partial charge on any atom is -0.494 e. The van der Waals surface area contributed by atoms with E-state index in [4.69, 9.17) is 4.74 Å². The minimum absolute atomic E-state index is 0.208. The second kappa shape index (κ2) is 6.99. The van der Waals surface area contributed by atoms with Crippen LogP contribution in [0.5, 0.6) is 5.75 Å². The highest BCUT2D eigenvalue weighted by atomic mass is 16.5. The summed E-state index contributed by atoms with van der Waals surface area (Å²) in [5.41, 5.74) is 2.26. The fourth-order valence-electron chi connectivity index (χ4n) is 2.37. The number of imidazole rings is 1. The van der Waals surface area contributed by atoms with Crippen LogP contribution in [-0.2, 0) is 6.54 Å². The molecule has 0 aliphatic carbocycles. The molecule has 2 heterocycles. The topological polar surface area (TPSA) is 74.0 Å². The molecule has 0 unspecified atom stereocenters. The summed E-state index contributed by atoms with van der Waals surface area (Å²) in [6, 6.07) is 7.51. The summed E-state index contributed by atoms with van der Waals surface area (Å²) in [5, 5.41) is 7.20. The average molecular weight is 325 g/mol. The van der Waals surface area contributed by atoms with E-state index in [1.165, 1.54) is 0 Å². The molecule has 7 heteroatoms. The second-order valence-corrected chi connectivity index (χ2v) is 5.38. The fourth-order valence-corrected chi connectivity index (χ4v) is 2.37. The lowest BCUT2D eigenvalue weighted by atomic mass is 10.2. The van der Waals surface area contributed by atoms with E-state index in [0.717, 1.165) is 11.3 Å². The van der Waals surface area contributed by atoms with Gasteiger partial charge in [-0.1, -0.05) is 6.07 Å². The monoisotopic (exact) mass is 325 g/mol. The number of carbonyl (C=O) groups is 1. The number of ether oxygens (including phenoxy) is 1. The van der Waals surface area contributed by atoms with Crippen LogP contribution < -0.4 is 10.1 Å². The Bertz CT molecular complexity index is 823. The van der Waals surface area contributed by atoms with Crippen LogP contribution in [0.25, 0.3) is 5.69 Å². The Morgan fingerprint density at radius 2 is 2.17 bits per heavy atom. The first-order valence-electron chi connectivity index (χ1n) is 7.62. The molecule has 0 aliphatic heterocycles. The van der Waals surface area contributed by atoms with Gasteiger partial charge >= 0.3 is 0 Å². The highest BCUT2D eigenvalue weighted by molar-refractivity contribution is 5.92. The van der Waals surface area contributed by atoms with Crippen molar-refractivity contribution in [2.24, 2.45) is 0 Å². The molecule has 0 atom stereocenters. The third-order valence-corrected chi connectivity index (χ3v) is 3.62. The van der Waals surface area contributed by atoms with Crippen LogP contribution in [0.4, 0.5) is 0 Å². The SMILES string of the molecule is COc1ccc(C)cc1-n1ccc(C(=O)NCCn2ccnc2)n1. The van der Waals surface area contributed by atoms with Crippen LogP contribution >= 0.6 is 0 Å². The zero-order valence-corrected chi connectivity index (χ0v) is 13.6. The first kappa shape index (κ1) is 15.8. The Kier molecular flexibility index (Phi) is 4.60. The molecule has 124 valence electrons.